The highest BCUT2D eigenvalue weighted by atomic mass is 19.1. The van der Waals surface area contributed by atoms with E-state index in [0.717, 1.165) is 6.07 Å². The highest BCUT2D eigenvalue weighted by molar-refractivity contribution is 5.89. The van der Waals surface area contributed by atoms with Crippen LogP contribution in [-0.2, 0) is 4.74 Å². The molecule has 3 N–H and O–H groups in total. The number of rotatable bonds is 2. The van der Waals surface area contributed by atoms with Gasteiger partial charge in [0.25, 0.3) is 0 Å². The third-order valence-electron chi connectivity index (χ3n) is 1.59. The maximum Gasteiger partial charge on any atom is 0.411 e. The molecule has 4 nitrogen and oxygen atoms in total. The first-order valence-corrected chi connectivity index (χ1v) is 4.23. The lowest BCUT2D eigenvalue weighted by Crippen LogP contribution is -2.15. The Labute approximate surface area is 85.0 Å². The summed E-state index contributed by atoms with van der Waals surface area (Å²) in [6.07, 6.45) is -0.838. The fourth-order valence-corrected chi connectivity index (χ4v) is 0.995. The Morgan fingerprint density at radius 3 is 2.73 bits per heavy atom. The minimum absolute atomic E-state index is 0.147. The quantitative estimate of drug-likeness (QED) is 0.744. The Kier molecular flexibility index (Phi) is 3.43. The first kappa shape index (κ1) is 11.2. The molecule has 0 bridgehead atoms. The van der Waals surface area contributed by atoms with Crippen LogP contribution in [0.4, 0.5) is 25.0 Å². The summed E-state index contributed by atoms with van der Waals surface area (Å²) in [7, 11) is 0. The summed E-state index contributed by atoms with van der Waals surface area (Å²) in [5, 5.41) is 2.08. The second kappa shape index (κ2) is 4.59. The van der Waals surface area contributed by atoms with Gasteiger partial charge in [-0.15, -0.1) is 0 Å². The monoisotopic (exact) mass is 216 g/mol. The van der Waals surface area contributed by atoms with E-state index in [-0.39, 0.29) is 18.0 Å². The van der Waals surface area contributed by atoms with Gasteiger partial charge in [0.05, 0.1) is 12.3 Å². The molecule has 15 heavy (non-hydrogen) atoms. The molecule has 0 unspecified atom stereocenters. The molecule has 0 aromatic heterocycles. The summed E-state index contributed by atoms with van der Waals surface area (Å²) in [5.74, 6) is -1.75. The average molecular weight is 216 g/mol. The number of nitrogen functional groups attached to an aromatic ring is 1. The second-order valence-corrected chi connectivity index (χ2v) is 2.70. The smallest absolute Gasteiger partial charge is 0.411 e. The van der Waals surface area contributed by atoms with Crippen LogP contribution in [0.15, 0.2) is 12.1 Å². The van der Waals surface area contributed by atoms with Crippen LogP contribution in [-0.4, -0.2) is 12.7 Å². The highest BCUT2D eigenvalue weighted by Gasteiger charge is 2.12. The molecular formula is C9H10F2N2O2. The molecule has 1 aromatic rings. The number of benzene rings is 1. The number of halogens is 2. The number of nitrogens with one attached hydrogen (secondary N) is 1. The molecule has 82 valence electrons. The van der Waals surface area contributed by atoms with Gasteiger partial charge in [0.1, 0.15) is 11.5 Å². The molecule has 0 atom stereocenters. The van der Waals surface area contributed by atoms with E-state index in [1.807, 2.05) is 0 Å². The fourth-order valence-electron chi connectivity index (χ4n) is 0.995. The maximum absolute atomic E-state index is 13.1. The zero-order valence-corrected chi connectivity index (χ0v) is 8.01. The van der Waals surface area contributed by atoms with E-state index >= 15 is 0 Å². The predicted octanol–water partition coefficient (Wildman–Crippen LogP) is 2.12. The van der Waals surface area contributed by atoms with Crippen molar-refractivity contribution in [3.05, 3.63) is 23.8 Å². The van der Waals surface area contributed by atoms with Crippen LogP contribution < -0.4 is 11.1 Å². The molecule has 0 aliphatic carbocycles. The van der Waals surface area contributed by atoms with Crippen LogP contribution in [0.1, 0.15) is 6.92 Å². The van der Waals surface area contributed by atoms with Crippen molar-refractivity contribution >= 4 is 17.5 Å². The lowest BCUT2D eigenvalue weighted by atomic mass is 10.2. The van der Waals surface area contributed by atoms with Gasteiger partial charge in [0, 0.05) is 6.07 Å². The van der Waals surface area contributed by atoms with Gasteiger partial charge in [-0.2, -0.15) is 0 Å². The zero-order chi connectivity index (χ0) is 11.4. The summed E-state index contributed by atoms with van der Waals surface area (Å²) >= 11 is 0. The van der Waals surface area contributed by atoms with Crippen LogP contribution in [0.2, 0.25) is 0 Å². The van der Waals surface area contributed by atoms with Gasteiger partial charge in [0.15, 0.2) is 5.82 Å². The maximum atomic E-state index is 13.1. The number of carbonyl (C=O) groups is 1. The molecule has 1 aromatic carbocycles. The van der Waals surface area contributed by atoms with Crippen molar-refractivity contribution in [1.82, 2.24) is 0 Å². The Bertz CT molecular complexity index is 359. The number of carbonyl (C=O) groups excluding carboxylic acids is 1. The molecule has 0 saturated heterocycles. The first-order valence-electron chi connectivity index (χ1n) is 4.23. The Morgan fingerprint density at radius 2 is 2.20 bits per heavy atom. The van der Waals surface area contributed by atoms with Gasteiger partial charge in [-0.1, -0.05) is 0 Å². The number of nitrogens with two attached hydrogens (primary N) is 1. The van der Waals surface area contributed by atoms with Gasteiger partial charge < -0.3 is 10.5 Å². The largest absolute Gasteiger partial charge is 0.450 e. The molecular weight excluding hydrogens is 206 g/mol. The number of anilines is 2. The summed E-state index contributed by atoms with van der Waals surface area (Å²) in [6, 6.07) is 1.53. The van der Waals surface area contributed by atoms with E-state index in [4.69, 9.17) is 5.73 Å². The van der Waals surface area contributed by atoms with Gasteiger partial charge in [-0.05, 0) is 13.0 Å². The minimum Gasteiger partial charge on any atom is -0.450 e. The summed E-state index contributed by atoms with van der Waals surface area (Å²) < 4.78 is 30.3. The molecule has 0 aliphatic rings. The first-order chi connectivity index (χ1) is 7.04. The lowest BCUT2D eigenvalue weighted by Gasteiger charge is -2.08. The molecule has 0 fully saturated rings. The standard InChI is InChI=1S/C9H10F2N2O2/c1-2-15-9(14)13-8-6(11)3-5(10)4-7(8)12/h3-4H,2,12H2,1H3,(H,13,14). The summed E-state index contributed by atoms with van der Waals surface area (Å²) in [6.45, 7) is 1.75. The highest BCUT2D eigenvalue weighted by Crippen LogP contribution is 2.23. The Balaban J connectivity index is 2.90. The average Bonchev–Trinajstić information content (AvgIpc) is 2.11. The third-order valence-corrected chi connectivity index (χ3v) is 1.59. The SMILES string of the molecule is CCOC(=O)Nc1c(N)cc(F)cc1F. The van der Waals surface area contributed by atoms with Crippen molar-refractivity contribution in [2.24, 2.45) is 0 Å². The molecule has 0 radical (unpaired) electrons. The second-order valence-electron chi connectivity index (χ2n) is 2.70. The van der Waals surface area contributed by atoms with Crippen LogP contribution >= 0.6 is 0 Å². The number of ether oxygens (including phenoxy) is 1. The van der Waals surface area contributed by atoms with Crippen molar-refractivity contribution < 1.29 is 18.3 Å². The molecule has 1 rings (SSSR count). The van der Waals surface area contributed by atoms with Crippen molar-refractivity contribution in [1.29, 1.82) is 0 Å². The van der Waals surface area contributed by atoms with Crippen LogP contribution in [0.5, 0.6) is 0 Å². The van der Waals surface area contributed by atoms with Gasteiger partial charge >= 0.3 is 6.09 Å². The lowest BCUT2D eigenvalue weighted by molar-refractivity contribution is 0.168. The molecule has 6 heteroatoms. The van der Waals surface area contributed by atoms with E-state index in [1.54, 1.807) is 6.92 Å². The third kappa shape index (κ3) is 2.80. The van der Waals surface area contributed by atoms with Crippen LogP contribution in [0.3, 0.4) is 0 Å². The van der Waals surface area contributed by atoms with Gasteiger partial charge in [0.2, 0.25) is 0 Å². The van der Waals surface area contributed by atoms with Gasteiger partial charge in [-0.3, -0.25) is 5.32 Å². The molecule has 0 aliphatic heterocycles. The van der Waals surface area contributed by atoms with E-state index in [2.05, 4.69) is 10.1 Å². The fraction of sp³-hybridized carbons (Fsp3) is 0.222. The summed E-state index contributed by atoms with van der Waals surface area (Å²) in [5.41, 5.74) is 4.84. The molecule has 1 amide bonds. The van der Waals surface area contributed by atoms with E-state index in [9.17, 15) is 13.6 Å². The summed E-state index contributed by atoms with van der Waals surface area (Å²) in [4.78, 5) is 11.0. The van der Waals surface area contributed by atoms with Crippen molar-refractivity contribution in [3.63, 3.8) is 0 Å². The van der Waals surface area contributed by atoms with Gasteiger partial charge in [-0.25, -0.2) is 13.6 Å². The van der Waals surface area contributed by atoms with E-state index in [1.165, 1.54) is 0 Å². The predicted molar refractivity (Wildman–Crippen MR) is 51.4 cm³/mol. The zero-order valence-electron chi connectivity index (χ0n) is 8.01. The normalized spacial score (nSPS) is 9.80. The number of hydrogen-bond donors (Lipinski definition) is 2. The topological polar surface area (TPSA) is 64.3 Å². The Hall–Kier alpha value is -1.85. The van der Waals surface area contributed by atoms with Crippen LogP contribution in [0.25, 0.3) is 0 Å². The molecule has 0 saturated carbocycles. The number of amides is 1. The van der Waals surface area contributed by atoms with Crippen molar-refractivity contribution in [3.8, 4) is 0 Å². The minimum atomic E-state index is -0.944. The Morgan fingerprint density at radius 1 is 1.53 bits per heavy atom. The van der Waals surface area contributed by atoms with Crippen LogP contribution in [0, 0.1) is 11.6 Å². The van der Waals surface area contributed by atoms with E-state index < -0.39 is 17.7 Å². The van der Waals surface area contributed by atoms with Crippen molar-refractivity contribution in [2.45, 2.75) is 6.92 Å². The van der Waals surface area contributed by atoms with Crippen molar-refractivity contribution in [2.75, 3.05) is 17.7 Å². The van der Waals surface area contributed by atoms with E-state index in [0.29, 0.717) is 6.07 Å². The molecule has 0 heterocycles. The molecule has 0 spiro atoms. The number of hydrogen-bond acceptors (Lipinski definition) is 3.